The van der Waals surface area contributed by atoms with Crippen molar-refractivity contribution in [2.24, 2.45) is 0 Å². The second-order valence-electron chi connectivity index (χ2n) is 5.33. The lowest BCUT2D eigenvalue weighted by atomic mass is 10.2. The van der Waals surface area contributed by atoms with Crippen molar-refractivity contribution in [1.82, 2.24) is 9.55 Å². The molecule has 1 aromatic heterocycles. The van der Waals surface area contributed by atoms with Crippen LogP contribution in [-0.2, 0) is 6.54 Å². The number of aryl methyl sites for hydroxylation is 1. The summed E-state index contributed by atoms with van der Waals surface area (Å²) in [6, 6.07) is 16.0. The van der Waals surface area contributed by atoms with Gasteiger partial charge in [-0.1, -0.05) is 30.2 Å². The quantitative estimate of drug-likeness (QED) is 0.676. The molecule has 3 heteroatoms. The largest absolute Gasteiger partial charge is 0.483 e. The van der Waals surface area contributed by atoms with E-state index in [1.165, 1.54) is 5.56 Å². The molecule has 110 valence electrons. The molecule has 3 aromatic rings. The Morgan fingerprint density at radius 3 is 2.82 bits per heavy atom. The van der Waals surface area contributed by atoms with Crippen LogP contribution in [0.5, 0.6) is 5.75 Å². The number of hydrogen-bond donors (Lipinski definition) is 0. The van der Waals surface area contributed by atoms with Crippen molar-refractivity contribution in [3.63, 3.8) is 0 Å². The standard InChI is InChI=1S/C19H18N2O/c1-4-12-21-18-11-6-5-10-17(18)20-19(21)15(3)22-16-9-7-8-14(2)13-16/h1,5-11,13,15H,12H2,2-3H3/t15-/m0/s1. The Bertz CT molecular complexity index is 842. The van der Waals surface area contributed by atoms with Crippen molar-refractivity contribution in [3.05, 3.63) is 59.9 Å². The summed E-state index contributed by atoms with van der Waals surface area (Å²) in [6.07, 6.45) is 5.33. The van der Waals surface area contributed by atoms with Crippen LogP contribution in [0.25, 0.3) is 11.0 Å². The van der Waals surface area contributed by atoms with E-state index in [4.69, 9.17) is 16.1 Å². The van der Waals surface area contributed by atoms with E-state index in [0.717, 1.165) is 22.6 Å². The summed E-state index contributed by atoms with van der Waals surface area (Å²) in [7, 11) is 0. The Balaban J connectivity index is 1.98. The van der Waals surface area contributed by atoms with Crippen molar-refractivity contribution in [2.75, 3.05) is 0 Å². The van der Waals surface area contributed by atoms with Crippen LogP contribution in [0.1, 0.15) is 24.4 Å². The minimum atomic E-state index is -0.178. The lowest BCUT2D eigenvalue weighted by molar-refractivity contribution is 0.212. The highest BCUT2D eigenvalue weighted by Crippen LogP contribution is 2.25. The molecule has 0 aliphatic heterocycles. The summed E-state index contributed by atoms with van der Waals surface area (Å²) >= 11 is 0. The third-order valence-electron chi connectivity index (χ3n) is 3.60. The predicted molar refractivity (Wildman–Crippen MR) is 88.8 cm³/mol. The zero-order valence-electron chi connectivity index (χ0n) is 12.8. The first-order valence-electron chi connectivity index (χ1n) is 7.31. The molecule has 22 heavy (non-hydrogen) atoms. The Kier molecular flexibility index (Phi) is 3.84. The highest BCUT2D eigenvalue weighted by atomic mass is 16.5. The zero-order valence-corrected chi connectivity index (χ0v) is 12.8. The topological polar surface area (TPSA) is 27.1 Å². The number of ether oxygens (including phenoxy) is 1. The molecule has 0 aliphatic carbocycles. The van der Waals surface area contributed by atoms with Gasteiger partial charge in [-0.3, -0.25) is 0 Å². The van der Waals surface area contributed by atoms with E-state index < -0.39 is 0 Å². The predicted octanol–water partition coefficient (Wildman–Crippen LogP) is 4.12. The van der Waals surface area contributed by atoms with Gasteiger partial charge in [0.15, 0.2) is 11.9 Å². The second kappa shape index (κ2) is 5.95. The zero-order chi connectivity index (χ0) is 15.5. The van der Waals surface area contributed by atoms with Gasteiger partial charge in [-0.15, -0.1) is 6.42 Å². The highest BCUT2D eigenvalue weighted by Gasteiger charge is 2.17. The van der Waals surface area contributed by atoms with Crippen LogP contribution in [0.3, 0.4) is 0 Å². The van der Waals surface area contributed by atoms with E-state index in [0.29, 0.717) is 6.54 Å². The number of nitrogens with zero attached hydrogens (tertiary/aromatic N) is 2. The molecule has 0 amide bonds. The molecular formula is C19H18N2O. The number of fused-ring (bicyclic) bond motifs is 1. The maximum Gasteiger partial charge on any atom is 0.153 e. The van der Waals surface area contributed by atoms with E-state index in [-0.39, 0.29) is 6.10 Å². The van der Waals surface area contributed by atoms with Gasteiger partial charge in [-0.05, 0) is 43.7 Å². The molecule has 0 radical (unpaired) electrons. The van der Waals surface area contributed by atoms with E-state index in [9.17, 15) is 0 Å². The average molecular weight is 290 g/mol. The normalized spacial score (nSPS) is 12.0. The molecule has 0 saturated carbocycles. The van der Waals surface area contributed by atoms with Crippen LogP contribution in [0.2, 0.25) is 0 Å². The fourth-order valence-corrected chi connectivity index (χ4v) is 2.61. The Morgan fingerprint density at radius 2 is 2.05 bits per heavy atom. The van der Waals surface area contributed by atoms with Gasteiger partial charge in [0.25, 0.3) is 0 Å². The number of rotatable bonds is 4. The third-order valence-corrected chi connectivity index (χ3v) is 3.60. The summed E-state index contributed by atoms with van der Waals surface area (Å²) in [4.78, 5) is 4.69. The van der Waals surface area contributed by atoms with Crippen molar-refractivity contribution in [1.29, 1.82) is 0 Å². The monoisotopic (exact) mass is 290 g/mol. The molecule has 0 unspecified atom stereocenters. The van der Waals surface area contributed by atoms with E-state index in [2.05, 4.69) is 5.92 Å². The maximum atomic E-state index is 6.05. The molecule has 1 heterocycles. The lowest BCUT2D eigenvalue weighted by Gasteiger charge is -2.16. The number of aromatic nitrogens is 2. The van der Waals surface area contributed by atoms with Crippen molar-refractivity contribution >= 4 is 11.0 Å². The van der Waals surface area contributed by atoms with Gasteiger partial charge in [-0.2, -0.15) is 0 Å². The summed E-state index contributed by atoms with van der Waals surface area (Å²) in [5.74, 6) is 4.39. The maximum absolute atomic E-state index is 6.05. The third kappa shape index (κ3) is 2.68. The molecule has 3 nitrogen and oxygen atoms in total. The van der Waals surface area contributed by atoms with Crippen molar-refractivity contribution < 1.29 is 4.74 Å². The molecule has 0 spiro atoms. The lowest BCUT2D eigenvalue weighted by Crippen LogP contribution is -2.11. The number of terminal acetylenes is 1. The molecule has 0 saturated heterocycles. The fourth-order valence-electron chi connectivity index (χ4n) is 2.61. The molecule has 0 N–H and O–H groups in total. The average Bonchev–Trinajstić information content (AvgIpc) is 2.87. The smallest absolute Gasteiger partial charge is 0.153 e. The molecule has 1 atom stereocenters. The van der Waals surface area contributed by atoms with Crippen LogP contribution >= 0.6 is 0 Å². The minimum Gasteiger partial charge on any atom is -0.483 e. The highest BCUT2D eigenvalue weighted by molar-refractivity contribution is 5.76. The summed E-state index contributed by atoms with van der Waals surface area (Å²) in [5, 5.41) is 0. The Labute approximate surface area is 130 Å². The fraction of sp³-hybridized carbons (Fsp3) is 0.211. The van der Waals surface area contributed by atoms with Crippen LogP contribution in [0, 0.1) is 19.3 Å². The Hall–Kier alpha value is -2.73. The van der Waals surface area contributed by atoms with Gasteiger partial charge in [0.05, 0.1) is 17.6 Å². The minimum absolute atomic E-state index is 0.178. The molecule has 0 fully saturated rings. The molecule has 2 aromatic carbocycles. The number of benzene rings is 2. The molecular weight excluding hydrogens is 272 g/mol. The van der Waals surface area contributed by atoms with Crippen molar-refractivity contribution in [3.8, 4) is 18.1 Å². The van der Waals surface area contributed by atoms with Crippen LogP contribution in [0.15, 0.2) is 48.5 Å². The van der Waals surface area contributed by atoms with Gasteiger partial charge in [0.2, 0.25) is 0 Å². The molecule has 0 bridgehead atoms. The van der Waals surface area contributed by atoms with Gasteiger partial charge in [-0.25, -0.2) is 4.98 Å². The molecule has 0 aliphatic rings. The summed E-state index contributed by atoms with van der Waals surface area (Å²) in [6.45, 7) is 4.53. The summed E-state index contributed by atoms with van der Waals surface area (Å²) in [5.41, 5.74) is 3.14. The molecule has 3 rings (SSSR count). The second-order valence-corrected chi connectivity index (χ2v) is 5.33. The first-order valence-corrected chi connectivity index (χ1v) is 7.31. The van der Waals surface area contributed by atoms with E-state index in [1.807, 2.05) is 66.9 Å². The summed E-state index contributed by atoms with van der Waals surface area (Å²) < 4.78 is 8.08. The number of para-hydroxylation sites is 2. The van der Waals surface area contributed by atoms with Gasteiger partial charge in [0, 0.05) is 0 Å². The first kappa shape index (κ1) is 14.2. The number of imidazole rings is 1. The van der Waals surface area contributed by atoms with Gasteiger partial charge in [0.1, 0.15) is 5.75 Å². The van der Waals surface area contributed by atoms with Crippen LogP contribution in [0.4, 0.5) is 0 Å². The Morgan fingerprint density at radius 1 is 1.23 bits per heavy atom. The van der Waals surface area contributed by atoms with E-state index in [1.54, 1.807) is 0 Å². The SMILES string of the molecule is C#CCn1c([C@H](C)Oc2cccc(C)c2)nc2ccccc21. The van der Waals surface area contributed by atoms with Gasteiger partial charge >= 0.3 is 0 Å². The number of hydrogen-bond acceptors (Lipinski definition) is 2. The van der Waals surface area contributed by atoms with Gasteiger partial charge < -0.3 is 9.30 Å². The van der Waals surface area contributed by atoms with Crippen molar-refractivity contribution in [2.45, 2.75) is 26.5 Å². The van der Waals surface area contributed by atoms with Crippen LogP contribution < -0.4 is 4.74 Å². The van der Waals surface area contributed by atoms with Crippen LogP contribution in [-0.4, -0.2) is 9.55 Å². The first-order chi connectivity index (χ1) is 10.7. The van der Waals surface area contributed by atoms with E-state index >= 15 is 0 Å².